The first kappa shape index (κ1) is 15.0. The Labute approximate surface area is 134 Å². The second kappa shape index (κ2) is 5.71. The van der Waals surface area contributed by atoms with Crippen LogP contribution < -0.4 is 5.32 Å². The van der Waals surface area contributed by atoms with E-state index in [0.29, 0.717) is 18.2 Å². The Morgan fingerprint density at radius 2 is 2.30 bits per heavy atom. The van der Waals surface area contributed by atoms with Crippen LogP contribution in [0.1, 0.15) is 56.5 Å². The lowest BCUT2D eigenvalue weighted by molar-refractivity contribution is -0.117. The summed E-state index contributed by atoms with van der Waals surface area (Å²) in [7, 11) is 0. The van der Waals surface area contributed by atoms with Crippen molar-refractivity contribution in [1.29, 1.82) is 0 Å². The molecule has 0 bridgehead atoms. The maximum absolute atomic E-state index is 5.84. The van der Waals surface area contributed by atoms with Crippen LogP contribution in [0.3, 0.4) is 0 Å². The van der Waals surface area contributed by atoms with Crippen LogP contribution >= 0.6 is 27.3 Å². The molecule has 112 valence electrons. The Morgan fingerprint density at radius 3 is 3.00 bits per heavy atom. The minimum atomic E-state index is 0.251. The van der Waals surface area contributed by atoms with Gasteiger partial charge in [-0.1, -0.05) is 13.8 Å². The standard InChI is InChI=1S/C16H24BrNOS/c1-4-19-14-9-13(16(14,2)3)18-11-6-5-7-12-10(11)8-15(17)20-12/h8,11,13-14,18H,4-7,9H2,1-3H3. The van der Waals surface area contributed by atoms with E-state index in [1.165, 1.54) is 28.6 Å². The molecule has 0 amide bonds. The molecule has 1 fully saturated rings. The van der Waals surface area contributed by atoms with Gasteiger partial charge in [0, 0.05) is 29.0 Å². The third-order valence-corrected chi connectivity index (χ3v) is 6.75. The zero-order chi connectivity index (χ0) is 14.3. The highest BCUT2D eigenvalue weighted by Gasteiger charge is 2.49. The summed E-state index contributed by atoms with van der Waals surface area (Å²) in [6.45, 7) is 7.59. The average Bonchev–Trinajstić information content (AvgIpc) is 2.78. The topological polar surface area (TPSA) is 21.3 Å². The molecule has 1 saturated carbocycles. The summed E-state index contributed by atoms with van der Waals surface area (Å²) in [5, 5.41) is 3.91. The third kappa shape index (κ3) is 2.60. The van der Waals surface area contributed by atoms with Crippen LogP contribution in [0.25, 0.3) is 0 Å². The second-order valence-electron chi connectivity index (χ2n) is 6.59. The van der Waals surface area contributed by atoms with E-state index in [1.807, 2.05) is 11.3 Å². The molecule has 0 spiro atoms. The van der Waals surface area contributed by atoms with Gasteiger partial charge < -0.3 is 10.1 Å². The van der Waals surface area contributed by atoms with Gasteiger partial charge in [0.15, 0.2) is 0 Å². The lowest BCUT2D eigenvalue weighted by Crippen LogP contribution is -2.61. The van der Waals surface area contributed by atoms with E-state index in [1.54, 1.807) is 4.88 Å². The van der Waals surface area contributed by atoms with E-state index in [0.717, 1.165) is 13.0 Å². The van der Waals surface area contributed by atoms with Crippen LogP contribution in [0.4, 0.5) is 0 Å². The van der Waals surface area contributed by atoms with Crippen molar-refractivity contribution in [2.45, 2.75) is 64.6 Å². The molecular weight excluding hydrogens is 334 g/mol. The van der Waals surface area contributed by atoms with Gasteiger partial charge in [-0.3, -0.25) is 0 Å². The number of aryl methyl sites for hydroxylation is 1. The molecule has 4 heteroatoms. The van der Waals surface area contributed by atoms with Gasteiger partial charge in [0.05, 0.1) is 9.89 Å². The summed E-state index contributed by atoms with van der Waals surface area (Å²) in [6, 6.07) is 3.43. The molecule has 20 heavy (non-hydrogen) atoms. The molecule has 1 aromatic heterocycles. The van der Waals surface area contributed by atoms with E-state index >= 15 is 0 Å². The van der Waals surface area contributed by atoms with E-state index in [4.69, 9.17) is 4.74 Å². The van der Waals surface area contributed by atoms with Crippen LogP contribution in [0, 0.1) is 5.41 Å². The highest BCUT2D eigenvalue weighted by Crippen LogP contribution is 2.45. The summed E-state index contributed by atoms with van der Waals surface area (Å²) in [5.74, 6) is 0. The maximum atomic E-state index is 5.84. The van der Waals surface area contributed by atoms with Crippen molar-refractivity contribution in [3.63, 3.8) is 0 Å². The molecular formula is C16H24BrNOS. The first-order chi connectivity index (χ1) is 9.52. The van der Waals surface area contributed by atoms with Crippen molar-refractivity contribution in [1.82, 2.24) is 5.32 Å². The van der Waals surface area contributed by atoms with Crippen molar-refractivity contribution in [2.75, 3.05) is 6.61 Å². The first-order valence-corrected chi connectivity index (χ1v) is 9.29. The molecule has 0 aliphatic heterocycles. The van der Waals surface area contributed by atoms with Crippen molar-refractivity contribution in [3.8, 4) is 0 Å². The second-order valence-corrected chi connectivity index (χ2v) is 9.11. The molecule has 1 aromatic rings. The van der Waals surface area contributed by atoms with Gasteiger partial charge in [-0.2, -0.15) is 0 Å². The zero-order valence-corrected chi connectivity index (χ0v) is 14.9. The van der Waals surface area contributed by atoms with Crippen LogP contribution in [0.15, 0.2) is 9.85 Å². The average molecular weight is 358 g/mol. The number of nitrogens with one attached hydrogen (secondary N) is 1. The van der Waals surface area contributed by atoms with Crippen molar-refractivity contribution in [2.24, 2.45) is 5.41 Å². The molecule has 3 unspecified atom stereocenters. The Hall–Kier alpha value is 0.100. The van der Waals surface area contributed by atoms with Gasteiger partial charge in [0.1, 0.15) is 0 Å². The molecule has 0 radical (unpaired) electrons. The quantitative estimate of drug-likeness (QED) is 0.844. The predicted molar refractivity (Wildman–Crippen MR) is 88.4 cm³/mol. The van der Waals surface area contributed by atoms with Gasteiger partial charge in [-0.25, -0.2) is 0 Å². The Morgan fingerprint density at radius 1 is 1.50 bits per heavy atom. The Kier molecular flexibility index (Phi) is 4.29. The molecule has 0 saturated heterocycles. The monoisotopic (exact) mass is 357 g/mol. The van der Waals surface area contributed by atoms with Gasteiger partial charge in [0.2, 0.25) is 0 Å². The third-order valence-electron chi connectivity index (χ3n) is 5.03. The molecule has 2 nitrogen and oxygen atoms in total. The molecule has 1 heterocycles. The van der Waals surface area contributed by atoms with Gasteiger partial charge in [0.25, 0.3) is 0 Å². The molecule has 3 rings (SSSR count). The van der Waals surface area contributed by atoms with Gasteiger partial charge >= 0.3 is 0 Å². The summed E-state index contributed by atoms with van der Waals surface area (Å²) in [5.41, 5.74) is 1.78. The van der Waals surface area contributed by atoms with E-state index in [-0.39, 0.29) is 5.41 Å². The molecule has 2 aliphatic rings. The van der Waals surface area contributed by atoms with E-state index < -0.39 is 0 Å². The lowest BCUT2D eigenvalue weighted by atomic mass is 9.64. The summed E-state index contributed by atoms with van der Waals surface area (Å²) < 4.78 is 7.11. The predicted octanol–water partition coefficient (Wildman–Crippen LogP) is 4.68. The molecule has 2 aliphatic carbocycles. The van der Waals surface area contributed by atoms with Crippen LogP contribution in [-0.2, 0) is 11.2 Å². The van der Waals surface area contributed by atoms with Crippen molar-refractivity contribution in [3.05, 3.63) is 20.3 Å². The fourth-order valence-electron chi connectivity index (χ4n) is 3.59. The maximum Gasteiger partial charge on any atom is 0.0704 e. The molecule has 1 N–H and O–H groups in total. The Balaban J connectivity index is 1.68. The highest BCUT2D eigenvalue weighted by molar-refractivity contribution is 9.11. The zero-order valence-electron chi connectivity index (χ0n) is 12.5. The smallest absolute Gasteiger partial charge is 0.0704 e. The minimum Gasteiger partial charge on any atom is -0.378 e. The number of thiophene rings is 1. The fraction of sp³-hybridized carbons (Fsp3) is 0.750. The van der Waals surface area contributed by atoms with Crippen LogP contribution in [-0.4, -0.2) is 18.8 Å². The summed E-state index contributed by atoms with van der Waals surface area (Å²) in [6.07, 6.45) is 5.39. The largest absolute Gasteiger partial charge is 0.378 e. The first-order valence-electron chi connectivity index (χ1n) is 7.68. The fourth-order valence-corrected chi connectivity index (χ4v) is 5.41. The van der Waals surface area contributed by atoms with E-state index in [2.05, 4.69) is 48.1 Å². The SMILES string of the molecule is CCOC1CC(NC2CCCc3sc(Br)cc32)C1(C)C. The van der Waals surface area contributed by atoms with Crippen LogP contribution in [0.2, 0.25) is 0 Å². The number of rotatable bonds is 4. The summed E-state index contributed by atoms with van der Waals surface area (Å²) in [4.78, 5) is 1.57. The number of halogens is 1. The lowest BCUT2D eigenvalue weighted by Gasteiger charge is -2.53. The molecule has 3 atom stereocenters. The van der Waals surface area contributed by atoms with Gasteiger partial charge in [-0.05, 0) is 60.2 Å². The van der Waals surface area contributed by atoms with Crippen molar-refractivity contribution < 1.29 is 4.74 Å². The minimum absolute atomic E-state index is 0.251. The van der Waals surface area contributed by atoms with E-state index in [9.17, 15) is 0 Å². The number of fused-ring (bicyclic) bond motifs is 1. The number of hydrogen-bond acceptors (Lipinski definition) is 3. The van der Waals surface area contributed by atoms with Gasteiger partial charge in [-0.15, -0.1) is 11.3 Å². The summed E-state index contributed by atoms with van der Waals surface area (Å²) >= 11 is 5.55. The van der Waals surface area contributed by atoms with Crippen molar-refractivity contribution >= 4 is 27.3 Å². The van der Waals surface area contributed by atoms with Crippen LogP contribution in [0.5, 0.6) is 0 Å². The number of hydrogen-bond donors (Lipinski definition) is 1. The number of ether oxygens (including phenoxy) is 1. The normalized spacial score (nSPS) is 31.7. The Bertz CT molecular complexity index is 485. The molecule has 0 aromatic carbocycles. The highest BCUT2D eigenvalue weighted by atomic mass is 79.9.